The third-order valence-electron chi connectivity index (χ3n) is 4.44. The van der Waals surface area contributed by atoms with Gasteiger partial charge in [-0.3, -0.25) is 4.18 Å². The van der Waals surface area contributed by atoms with Crippen LogP contribution in [-0.2, 0) is 27.3 Å². The van der Waals surface area contributed by atoms with E-state index < -0.39 is 27.9 Å². The Morgan fingerprint density at radius 2 is 1.88 bits per heavy atom. The second kappa shape index (κ2) is 5.64. The van der Waals surface area contributed by atoms with Crippen LogP contribution in [0, 0.1) is 18.6 Å². The molecular formula is C18H15F2NO3S. The third-order valence-corrected chi connectivity index (χ3v) is 5.81. The second-order valence-electron chi connectivity index (χ2n) is 6.25. The SMILES string of the molecule is Cc1ccc(S(=O)(=O)OC2Cc3cc(F)c(F)c4ccn(c34)C2)cc1. The Morgan fingerprint density at radius 1 is 1.16 bits per heavy atom. The summed E-state index contributed by atoms with van der Waals surface area (Å²) in [6, 6.07) is 8.98. The van der Waals surface area contributed by atoms with E-state index in [2.05, 4.69) is 0 Å². The lowest BCUT2D eigenvalue weighted by molar-refractivity contribution is 0.184. The van der Waals surface area contributed by atoms with E-state index in [0.29, 0.717) is 11.1 Å². The van der Waals surface area contributed by atoms with E-state index in [0.717, 1.165) is 11.6 Å². The van der Waals surface area contributed by atoms with Crippen molar-refractivity contribution in [3.63, 3.8) is 0 Å². The summed E-state index contributed by atoms with van der Waals surface area (Å²) < 4.78 is 59.6. The van der Waals surface area contributed by atoms with Gasteiger partial charge in [0.25, 0.3) is 10.1 Å². The maximum Gasteiger partial charge on any atom is 0.297 e. The largest absolute Gasteiger partial charge is 0.344 e. The lowest BCUT2D eigenvalue weighted by atomic mass is 10.0. The van der Waals surface area contributed by atoms with Gasteiger partial charge in [-0.1, -0.05) is 17.7 Å². The smallest absolute Gasteiger partial charge is 0.297 e. The van der Waals surface area contributed by atoms with Gasteiger partial charge in [0.05, 0.1) is 23.1 Å². The van der Waals surface area contributed by atoms with Crippen LogP contribution in [0.3, 0.4) is 0 Å². The van der Waals surface area contributed by atoms with Crippen LogP contribution in [0.5, 0.6) is 0 Å². The van der Waals surface area contributed by atoms with Crippen LogP contribution in [0.25, 0.3) is 10.9 Å². The summed E-state index contributed by atoms with van der Waals surface area (Å²) >= 11 is 0. The van der Waals surface area contributed by atoms with Gasteiger partial charge in [-0.05, 0) is 36.8 Å². The Kier molecular flexibility index (Phi) is 3.66. The quantitative estimate of drug-likeness (QED) is 0.669. The monoisotopic (exact) mass is 363 g/mol. The van der Waals surface area contributed by atoms with Crippen molar-refractivity contribution in [2.75, 3.05) is 0 Å². The highest BCUT2D eigenvalue weighted by atomic mass is 32.2. The Balaban J connectivity index is 1.66. The third kappa shape index (κ3) is 2.73. The molecule has 0 aliphatic carbocycles. The summed E-state index contributed by atoms with van der Waals surface area (Å²) in [7, 11) is -3.93. The van der Waals surface area contributed by atoms with Crippen molar-refractivity contribution in [1.82, 2.24) is 4.57 Å². The van der Waals surface area contributed by atoms with E-state index in [1.54, 1.807) is 22.9 Å². The first-order chi connectivity index (χ1) is 11.8. The second-order valence-corrected chi connectivity index (χ2v) is 7.82. The van der Waals surface area contributed by atoms with Crippen LogP contribution < -0.4 is 0 Å². The highest BCUT2D eigenvalue weighted by Gasteiger charge is 2.28. The molecule has 0 amide bonds. The lowest BCUT2D eigenvalue weighted by Gasteiger charge is -2.24. The summed E-state index contributed by atoms with van der Waals surface area (Å²) in [5, 5.41) is 0.204. The van der Waals surface area contributed by atoms with E-state index in [4.69, 9.17) is 4.18 Å². The summed E-state index contributed by atoms with van der Waals surface area (Å²) in [5.74, 6) is -1.83. The molecule has 0 bridgehead atoms. The molecule has 0 radical (unpaired) electrons. The molecule has 1 atom stereocenters. The number of benzene rings is 2. The molecule has 1 aliphatic heterocycles. The standard InChI is InChI=1S/C18H15F2NO3S/c1-11-2-4-14(5-3-11)25(22,23)24-13-8-12-9-16(19)17(20)15-6-7-21(10-13)18(12)15/h2-7,9,13H,8,10H2,1H3. The van der Waals surface area contributed by atoms with Gasteiger partial charge in [-0.25, -0.2) is 8.78 Å². The van der Waals surface area contributed by atoms with Crippen LogP contribution in [-0.4, -0.2) is 19.1 Å². The summed E-state index contributed by atoms with van der Waals surface area (Å²) in [5.41, 5.74) is 2.07. The average Bonchev–Trinajstić information content (AvgIpc) is 2.97. The molecule has 3 aromatic rings. The molecule has 1 aliphatic rings. The van der Waals surface area contributed by atoms with Crippen LogP contribution in [0.2, 0.25) is 0 Å². The predicted molar refractivity (Wildman–Crippen MR) is 88.8 cm³/mol. The number of rotatable bonds is 3. The molecule has 130 valence electrons. The molecular weight excluding hydrogens is 348 g/mol. The molecule has 4 rings (SSSR count). The summed E-state index contributed by atoms with van der Waals surface area (Å²) in [4.78, 5) is 0.0758. The van der Waals surface area contributed by atoms with E-state index in [1.165, 1.54) is 18.2 Å². The minimum Gasteiger partial charge on any atom is -0.344 e. The molecule has 0 saturated heterocycles. The average molecular weight is 363 g/mol. The first-order valence-electron chi connectivity index (χ1n) is 7.81. The van der Waals surface area contributed by atoms with E-state index in [1.807, 2.05) is 6.92 Å². The molecule has 0 saturated carbocycles. The van der Waals surface area contributed by atoms with Gasteiger partial charge in [-0.15, -0.1) is 0 Å². The van der Waals surface area contributed by atoms with Gasteiger partial charge < -0.3 is 4.57 Å². The van der Waals surface area contributed by atoms with Gasteiger partial charge in [0.1, 0.15) is 0 Å². The maximum atomic E-state index is 13.9. The van der Waals surface area contributed by atoms with Crippen LogP contribution in [0.15, 0.2) is 47.5 Å². The fourth-order valence-electron chi connectivity index (χ4n) is 3.26. The fourth-order valence-corrected chi connectivity index (χ4v) is 4.33. The van der Waals surface area contributed by atoms with Crippen molar-refractivity contribution < 1.29 is 21.4 Å². The zero-order valence-electron chi connectivity index (χ0n) is 13.4. The van der Waals surface area contributed by atoms with Gasteiger partial charge in [-0.2, -0.15) is 8.42 Å². The zero-order valence-corrected chi connectivity index (χ0v) is 14.2. The van der Waals surface area contributed by atoms with Crippen molar-refractivity contribution in [3.8, 4) is 0 Å². The zero-order chi connectivity index (χ0) is 17.8. The van der Waals surface area contributed by atoms with Crippen LogP contribution in [0.4, 0.5) is 8.78 Å². The minimum atomic E-state index is -3.93. The van der Waals surface area contributed by atoms with Crippen molar-refractivity contribution in [1.29, 1.82) is 0 Å². The first-order valence-corrected chi connectivity index (χ1v) is 9.21. The Hall–Kier alpha value is -2.25. The minimum absolute atomic E-state index is 0.0758. The number of aromatic nitrogens is 1. The predicted octanol–water partition coefficient (Wildman–Crippen LogP) is 3.56. The van der Waals surface area contributed by atoms with E-state index in [-0.39, 0.29) is 23.2 Å². The molecule has 0 fully saturated rings. The number of aryl methyl sites for hydroxylation is 1. The number of nitrogens with zero attached hydrogens (tertiary/aromatic N) is 1. The molecule has 2 aromatic carbocycles. The molecule has 1 unspecified atom stereocenters. The molecule has 0 spiro atoms. The molecule has 0 N–H and O–H groups in total. The van der Waals surface area contributed by atoms with Crippen molar-refractivity contribution in [3.05, 3.63) is 65.4 Å². The fraction of sp³-hybridized carbons (Fsp3) is 0.222. The van der Waals surface area contributed by atoms with E-state index in [9.17, 15) is 17.2 Å². The molecule has 1 aromatic heterocycles. The summed E-state index contributed by atoms with van der Waals surface area (Å²) in [6.07, 6.45) is 1.13. The molecule has 7 heteroatoms. The van der Waals surface area contributed by atoms with E-state index >= 15 is 0 Å². The van der Waals surface area contributed by atoms with Gasteiger partial charge in [0.2, 0.25) is 0 Å². The van der Waals surface area contributed by atoms with Crippen LogP contribution >= 0.6 is 0 Å². The van der Waals surface area contributed by atoms with Crippen molar-refractivity contribution >= 4 is 21.0 Å². The van der Waals surface area contributed by atoms with Crippen molar-refractivity contribution in [2.24, 2.45) is 0 Å². The van der Waals surface area contributed by atoms with Crippen molar-refractivity contribution in [2.45, 2.75) is 30.9 Å². The number of hydrogen-bond donors (Lipinski definition) is 0. The normalized spacial score (nSPS) is 17.2. The van der Waals surface area contributed by atoms with Gasteiger partial charge in [0, 0.05) is 18.0 Å². The topological polar surface area (TPSA) is 48.3 Å². The maximum absolute atomic E-state index is 13.9. The Bertz CT molecular complexity index is 1070. The molecule has 4 nitrogen and oxygen atoms in total. The Morgan fingerprint density at radius 3 is 2.60 bits per heavy atom. The number of halogens is 2. The lowest BCUT2D eigenvalue weighted by Crippen LogP contribution is -2.29. The summed E-state index contributed by atoms with van der Waals surface area (Å²) in [6.45, 7) is 2.12. The molecule has 2 heterocycles. The highest BCUT2D eigenvalue weighted by Crippen LogP contribution is 2.31. The highest BCUT2D eigenvalue weighted by molar-refractivity contribution is 7.86. The molecule has 25 heavy (non-hydrogen) atoms. The van der Waals surface area contributed by atoms with Gasteiger partial charge in [0.15, 0.2) is 11.6 Å². The Labute approximate surface area is 143 Å². The first kappa shape index (κ1) is 16.2. The van der Waals surface area contributed by atoms with Crippen LogP contribution in [0.1, 0.15) is 11.1 Å². The number of hydrogen-bond acceptors (Lipinski definition) is 3. The van der Waals surface area contributed by atoms with Gasteiger partial charge >= 0.3 is 0 Å².